The predicted octanol–water partition coefficient (Wildman–Crippen LogP) is -0.694. The molecule has 0 atom stereocenters. The minimum Gasteiger partial charge on any atom is -0.395 e. The molecule has 3 heterocycles. The smallest absolute Gasteiger partial charge is 0.272 e. The Morgan fingerprint density at radius 2 is 2.29 bits per heavy atom. The van der Waals surface area contributed by atoms with Crippen LogP contribution in [0.15, 0.2) is 24.4 Å². The second kappa shape index (κ2) is 7.52. The van der Waals surface area contributed by atoms with E-state index in [0.717, 1.165) is 24.2 Å². The van der Waals surface area contributed by atoms with Crippen LogP contribution >= 0.6 is 0 Å². The third-order valence-corrected chi connectivity index (χ3v) is 4.06. The Morgan fingerprint density at radius 3 is 3.00 bits per heavy atom. The van der Waals surface area contributed by atoms with Gasteiger partial charge in [-0.05, 0) is 12.1 Å². The molecular weight excluding hydrogens is 308 g/mol. The molecule has 24 heavy (non-hydrogen) atoms. The Hall–Kier alpha value is -2.29. The highest BCUT2D eigenvalue weighted by molar-refractivity contribution is 5.94. The van der Waals surface area contributed by atoms with Crippen LogP contribution in [-0.4, -0.2) is 63.5 Å². The first-order valence-electron chi connectivity index (χ1n) is 8.08. The average Bonchev–Trinajstić information content (AvgIpc) is 3.00. The van der Waals surface area contributed by atoms with E-state index in [4.69, 9.17) is 5.73 Å². The van der Waals surface area contributed by atoms with Crippen LogP contribution in [0.5, 0.6) is 0 Å². The van der Waals surface area contributed by atoms with E-state index in [1.807, 2.05) is 18.2 Å². The van der Waals surface area contributed by atoms with Crippen LogP contribution in [0.4, 0.5) is 0 Å². The van der Waals surface area contributed by atoms with Crippen LogP contribution in [-0.2, 0) is 13.0 Å². The fraction of sp³-hybridized carbons (Fsp3) is 0.438. The highest BCUT2D eigenvalue weighted by Gasteiger charge is 2.28. The highest BCUT2D eigenvalue weighted by Crippen LogP contribution is 2.24. The van der Waals surface area contributed by atoms with Crippen molar-refractivity contribution in [2.24, 2.45) is 5.73 Å². The van der Waals surface area contributed by atoms with Crippen molar-refractivity contribution in [3.8, 4) is 5.82 Å². The normalized spacial score (nSPS) is 14.4. The highest BCUT2D eigenvalue weighted by atomic mass is 16.3. The molecule has 2 aromatic rings. The van der Waals surface area contributed by atoms with E-state index in [9.17, 15) is 9.90 Å². The summed E-state index contributed by atoms with van der Waals surface area (Å²) in [6, 6.07) is 5.61. The van der Waals surface area contributed by atoms with Crippen LogP contribution in [0.2, 0.25) is 0 Å². The van der Waals surface area contributed by atoms with E-state index in [2.05, 4.69) is 20.3 Å². The van der Waals surface area contributed by atoms with E-state index < -0.39 is 0 Å². The number of β-amino-alcohol motifs (C(OH)–C–C–N with tert-alkyl or cyclic N) is 1. The van der Waals surface area contributed by atoms with Crippen molar-refractivity contribution < 1.29 is 9.90 Å². The Labute approximate surface area is 140 Å². The second-order valence-corrected chi connectivity index (χ2v) is 5.67. The molecule has 1 aliphatic heterocycles. The van der Waals surface area contributed by atoms with Gasteiger partial charge in [0.05, 0.1) is 12.3 Å². The van der Waals surface area contributed by atoms with Gasteiger partial charge in [-0.15, -0.1) is 0 Å². The Kier molecular flexibility index (Phi) is 5.19. The van der Waals surface area contributed by atoms with E-state index in [-0.39, 0.29) is 12.5 Å². The van der Waals surface area contributed by atoms with Gasteiger partial charge < -0.3 is 16.2 Å². The van der Waals surface area contributed by atoms with Crippen molar-refractivity contribution in [1.82, 2.24) is 25.0 Å². The zero-order valence-electron chi connectivity index (χ0n) is 13.5. The standard InChI is InChI=1S/C16H22N6O2/c17-5-7-19-16(24)15-12-11-21(9-10-23)8-4-13(12)22(20-15)14-3-1-2-6-18-14/h1-3,6,23H,4-5,7-11,17H2,(H,19,24). The van der Waals surface area contributed by atoms with Gasteiger partial charge in [0, 0.05) is 50.9 Å². The Bertz CT molecular complexity index is 700. The fourth-order valence-electron chi connectivity index (χ4n) is 2.93. The lowest BCUT2D eigenvalue weighted by Gasteiger charge is -2.26. The molecule has 0 saturated carbocycles. The fourth-order valence-corrected chi connectivity index (χ4v) is 2.93. The molecule has 4 N–H and O–H groups in total. The number of amides is 1. The number of nitrogens with zero attached hydrogens (tertiary/aromatic N) is 4. The number of hydrogen-bond acceptors (Lipinski definition) is 6. The number of nitrogens with two attached hydrogens (primary N) is 1. The summed E-state index contributed by atoms with van der Waals surface area (Å²) in [6.45, 7) is 2.87. The summed E-state index contributed by atoms with van der Waals surface area (Å²) in [7, 11) is 0. The summed E-state index contributed by atoms with van der Waals surface area (Å²) in [4.78, 5) is 18.9. The molecule has 0 fully saturated rings. The maximum Gasteiger partial charge on any atom is 0.272 e. The third kappa shape index (κ3) is 3.30. The maximum absolute atomic E-state index is 12.5. The van der Waals surface area contributed by atoms with Crippen molar-refractivity contribution in [1.29, 1.82) is 0 Å². The van der Waals surface area contributed by atoms with Crippen molar-refractivity contribution >= 4 is 5.91 Å². The molecule has 0 unspecified atom stereocenters. The van der Waals surface area contributed by atoms with Crippen molar-refractivity contribution in [3.63, 3.8) is 0 Å². The quantitative estimate of drug-likeness (QED) is 0.647. The molecule has 0 saturated heterocycles. The summed E-state index contributed by atoms with van der Waals surface area (Å²) < 4.78 is 1.75. The lowest BCUT2D eigenvalue weighted by Crippen LogP contribution is -2.35. The summed E-state index contributed by atoms with van der Waals surface area (Å²) in [5.74, 6) is 0.472. The zero-order chi connectivity index (χ0) is 16.9. The number of rotatable bonds is 6. The first-order valence-corrected chi connectivity index (χ1v) is 8.08. The van der Waals surface area contributed by atoms with E-state index >= 15 is 0 Å². The average molecular weight is 330 g/mol. The van der Waals surface area contributed by atoms with Crippen molar-refractivity contribution in [2.45, 2.75) is 13.0 Å². The van der Waals surface area contributed by atoms with E-state index in [1.54, 1.807) is 10.9 Å². The molecule has 0 aliphatic carbocycles. The minimum atomic E-state index is -0.225. The number of hydrogen-bond donors (Lipinski definition) is 3. The lowest BCUT2D eigenvalue weighted by atomic mass is 10.0. The number of nitrogens with one attached hydrogen (secondary N) is 1. The molecule has 2 aromatic heterocycles. The van der Waals surface area contributed by atoms with E-state index in [0.29, 0.717) is 37.7 Å². The summed E-state index contributed by atoms with van der Waals surface area (Å²) >= 11 is 0. The molecule has 1 amide bonds. The monoisotopic (exact) mass is 330 g/mol. The Balaban J connectivity index is 1.99. The number of carbonyl (C=O) groups excluding carboxylic acids is 1. The molecule has 128 valence electrons. The minimum absolute atomic E-state index is 0.0956. The first-order chi connectivity index (χ1) is 11.7. The van der Waals surface area contributed by atoms with Crippen molar-refractivity contribution in [2.75, 3.05) is 32.8 Å². The number of aromatic nitrogens is 3. The van der Waals surface area contributed by atoms with Gasteiger partial charge in [-0.3, -0.25) is 9.69 Å². The SMILES string of the molecule is NCCNC(=O)c1nn(-c2ccccn2)c2c1CN(CCO)CC2. The van der Waals surface area contributed by atoms with Crippen LogP contribution in [0, 0.1) is 0 Å². The van der Waals surface area contributed by atoms with Gasteiger partial charge >= 0.3 is 0 Å². The molecular formula is C16H22N6O2. The summed E-state index contributed by atoms with van der Waals surface area (Å²) in [5, 5.41) is 16.5. The molecule has 8 heteroatoms. The van der Waals surface area contributed by atoms with Gasteiger partial charge in [-0.1, -0.05) is 6.07 Å². The molecule has 8 nitrogen and oxygen atoms in total. The topological polar surface area (TPSA) is 109 Å². The van der Waals surface area contributed by atoms with Gasteiger partial charge in [-0.25, -0.2) is 9.67 Å². The molecule has 3 rings (SSSR count). The molecule has 0 radical (unpaired) electrons. The second-order valence-electron chi connectivity index (χ2n) is 5.67. The van der Waals surface area contributed by atoms with Crippen LogP contribution in [0.25, 0.3) is 5.82 Å². The number of fused-ring (bicyclic) bond motifs is 1. The number of aliphatic hydroxyl groups is 1. The van der Waals surface area contributed by atoms with Gasteiger partial charge in [0.2, 0.25) is 0 Å². The summed E-state index contributed by atoms with van der Waals surface area (Å²) in [5.41, 5.74) is 7.77. The first kappa shape index (κ1) is 16.6. The number of carbonyl (C=O) groups is 1. The van der Waals surface area contributed by atoms with Crippen LogP contribution in [0.3, 0.4) is 0 Å². The third-order valence-electron chi connectivity index (χ3n) is 4.06. The van der Waals surface area contributed by atoms with Gasteiger partial charge in [0.1, 0.15) is 0 Å². The van der Waals surface area contributed by atoms with Gasteiger partial charge in [0.15, 0.2) is 11.5 Å². The molecule has 0 aromatic carbocycles. The molecule has 1 aliphatic rings. The van der Waals surface area contributed by atoms with Crippen molar-refractivity contribution in [3.05, 3.63) is 41.3 Å². The molecule has 0 spiro atoms. The number of pyridine rings is 1. The number of aliphatic hydroxyl groups excluding tert-OH is 1. The zero-order valence-corrected chi connectivity index (χ0v) is 13.5. The molecule has 0 bridgehead atoms. The van der Waals surface area contributed by atoms with E-state index in [1.165, 1.54) is 0 Å². The Morgan fingerprint density at radius 1 is 1.42 bits per heavy atom. The van der Waals surface area contributed by atoms with Gasteiger partial charge in [0.25, 0.3) is 5.91 Å². The lowest BCUT2D eigenvalue weighted by molar-refractivity contribution is 0.0946. The van der Waals surface area contributed by atoms with Gasteiger partial charge in [-0.2, -0.15) is 5.10 Å². The summed E-state index contributed by atoms with van der Waals surface area (Å²) in [6.07, 6.45) is 2.46. The maximum atomic E-state index is 12.5. The predicted molar refractivity (Wildman–Crippen MR) is 88.8 cm³/mol. The van der Waals surface area contributed by atoms with Crippen LogP contribution < -0.4 is 11.1 Å². The largest absolute Gasteiger partial charge is 0.395 e. The van der Waals surface area contributed by atoms with Crippen LogP contribution in [0.1, 0.15) is 21.7 Å².